The smallest absolute Gasteiger partial charge is 0.326 e. The molecule has 1 rings (SSSR count). The molecular weight excluding hydrogens is 281 g/mol. The van der Waals surface area contributed by atoms with E-state index < -0.39 is 53.9 Å². The molecule has 0 atom stereocenters. The van der Waals surface area contributed by atoms with Crippen molar-refractivity contribution in [3.8, 4) is 0 Å². The van der Waals surface area contributed by atoms with E-state index in [1.807, 2.05) is 0 Å². The van der Waals surface area contributed by atoms with Gasteiger partial charge in [0.2, 0.25) is 5.91 Å². The topological polar surface area (TPSA) is 95.5 Å². The lowest BCUT2D eigenvalue weighted by molar-refractivity contribution is -0.138. The third kappa shape index (κ3) is 4.59. The molecule has 0 aromatic heterocycles. The molecule has 0 unspecified atom stereocenters. The van der Waals surface area contributed by atoms with Crippen LogP contribution < -0.4 is 10.6 Å². The van der Waals surface area contributed by atoms with Gasteiger partial charge >= 0.3 is 12.0 Å². The van der Waals surface area contributed by atoms with Crippen LogP contribution in [0, 0.1) is 17.5 Å². The van der Waals surface area contributed by atoms with E-state index in [9.17, 15) is 27.6 Å². The maximum Gasteiger partial charge on any atom is 0.326 e. The Morgan fingerprint density at radius 2 is 1.60 bits per heavy atom. The molecule has 1 aromatic carbocycles. The summed E-state index contributed by atoms with van der Waals surface area (Å²) in [5, 5.41) is 11.7. The number of halogens is 3. The molecule has 1 aromatic rings. The molecule has 0 radical (unpaired) electrons. The highest BCUT2D eigenvalue weighted by Crippen LogP contribution is 2.19. The summed E-state index contributed by atoms with van der Waals surface area (Å²) >= 11 is 0. The minimum Gasteiger partial charge on any atom is -0.481 e. The number of benzene rings is 1. The Labute approximate surface area is 110 Å². The third-order valence-electron chi connectivity index (χ3n) is 2.06. The lowest BCUT2D eigenvalue weighted by Gasteiger charge is -2.08. The van der Waals surface area contributed by atoms with Gasteiger partial charge in [0.15, 0.2) is 11.6 Å². The van der Waals surface area contributed by atoms with E-state index in [1.54, 1.807) is 10.6 Å². The van der Waals surface area contributed by atoms with E-state index in [0.29, 0.717) is 12.1 Å². The minimum absolute atomic E-state index is 0.352. The van der Waals surface area contributed by atoms with E-state index >= 15 is 0 Å². The molecule has 0 saturated heterocycles. The van der Waals surface area contributed by atoms with Gasteiger partial charge in [-0.2, -0.15) is 0 Å². The second-order valence-corrected chi connectivity index (χ2v) is 3.64. The Bertz CT molecular complexity index is 540. The molecule has 9 heteroatoms. The number of carboxylic acids is 1. The Balaban J connectivity index is 2.63. The second kappa shape index (κ2) is 6.55. The van der Waals surface area contributed by atoms with Gasteiger partial charge in [-0.1, -0.05) is 0 Å². The SMILES string of the molecule is O=C(O)CCC(=O)NC(=O)Nc1c(F)cc(F)cc1F. The summed E-state index contributed by atoms with van der Waals surface area (Å²) in [7, 11) is 0. The molecule has 0 heterocycles. The zero-order valence-electron chi connectivity index (χ0n) is 9.87. The standard InChI is InChI=1S/C11H9F3N2O4/c12-5-3-6(13)10(7(14)4-5)16-11(20)15-8(17)1-2-9(18)19/h3-4H,1-2H2,(H,18,19)(H2,15,16,17,20). The van der Waals surface area contributed by atoms with Crippen molar-refractivity contribution < 1.29 is 32.7 Å². The molecule has 0 aliphatic rings. The van der Waals surface area contributed by atoms with Gasteiger partial charge < -0.3 is 10.4 Å². The van der Waals surface area contributed by atoms with Crippen LogP contribution in [-0.2, 0) is 9.59 Å². The Hall–Kier alpha value is -2.58. The highest BCUT2D eigenvalue weighted by atomic mass is 19.1. The normalized spacial score (nSPS) is 9.95. The van der Waals surface area contributed by atoms with Crippen LogP contribution in [-0.4, -0.2) is 23.0 Å². The van der Waals surface area contributed by atoms with E-state index in [-0.39, 0.29) is 0 Å². The number of carbonyl (C=O) groups excluding carboxylic acids is 2. The molecule has 0 spiro atoms. The maximum atomic E-state index is 13.2. The van der Waals surface area contributed by atoms with Gasteiger partial charge in [0, 0.05) is 18.6 Å². The lowest BCUT2D eigenvalue weighted by Crippen LogP contribution is -2.35. The molecule has 6 nitrogen and oxygen atoms in total. The van der Waals surface area contributed by atoms with E-state index in [0.717, 1.165) is 0 Å². The van der Waals surface area contributed by atoms with Gasteiger partial charge in [0.05, 0.1) is 6.42 Å². The number of aliphatic carboxylic acids is 1. The van der Waals surface area contributed by atoms with Gasteiger partial charge in [-0.15, -0.1) is 0 Å². The zero-order chi connectivity index (χ0) is 15.3. The summed E-state index contributed by atoms with van der Waals surface area (Å²) in [6.07, 6.45) is -0.977. The first-order chi connectivity index (χ1) is 9.29. The Morgan fingerprint density at radius 1 is 1.05 bits per heavy atom. The van der Waals surface area contributed by atoms with Crippen LogP contribution in [0.5, 0.6) is 0 Å². The number of carboxylic acid groups (broad SMARTS) is 1. The number of amides is 3. The molecule has 0 saturated carbocycles. The van der Waals surface area contributed by atoms with Crippen molar-refractivity contribution in [2.24, 2.45) is 0 Å². The van der Waals surface area contributed by atoms with Crippen LogP contribution in [0.3, 0.4) is 0 Å². The lowest BCUT2D eigenvalue weighted by atomic mass is 10.3. The van der Waals surface area contributed by atoms with Gasteiger partial charge in [-0.3, -0.25) is 14.9 Å². The third-order valence-corrected chi connectivity index (χ3v) is 2.06. The van der Waals surface area contributed by atoms with Gasteiger partial charge in [-0.05, 0) is 0 Å². The molecular formula is C11H9F3N2O4. The molecule has 0 fully saturated rings. The molecule has 3 amide bonds. The highest BCUT2D eigenvalue weighted by Gasteiger charge is 2.16. The van der Waals surface area contributed by atoms with Gasteiger partial charge in [0.25, 0.3) is 0 Å². The summed E-state index contributed by atoms with van der Waals surface area (Å²) in [4.78, 5) is 32.5. The van der Waals surface area contributed by atoms with Crippen molar-refractivity contribution in [3.63, 3.8) is 0 Å². The fourth-order valence-corrected chi connectivity index (χ4v) is 1.22. The maximum absolute atomic E-state index is 13.2. The van der Waals surface area contributed by atoms with Gasteiger partial charge in [-0.25, -0.2) is 18.0 Å². The predicted molar refractivity (Wildman–Crippen MR) is 60.3 cm³/mol. The first kappa shape index (κ1) is 15.5. The number of anilines is 1. The first-order valence-corrected chi connectivity index (χ1v) is 5.26. The van der Waals surface area contributed by atoms with Crippen LogP contribution in [0.1, 0.15) is 12.8 Å². The monoisotopic (exact) mass is 290 g/mol. The number of imide groups is 1. The van der Waals surface area contributed by atoms with Crippen LogP contribution in [0.4, 0.5) is 23.7 Å². The first-order valence-electron chi connectivity index (χ1n) is 5.26. The average Bonchev–Trinajstić information content (AvgIpc) is 2.31. The fourth-order valence-electron chi connectivity index (χ4n) is 1.22. The van der Waals surface area contributed by atoms with Crippen molar-refractivity contribution in [2.75, 3.05) is 5.32 Å². The molecule has 0 bridgehead atoms. The largest absolute Gasteiger partial charge is 0.481 e. The Morgan fingerprint density at radius 3 is 2.10 bits per heavy atom. The van der Waals surface area contributed by atoms with Crippen LogP contribution in [0.15, 0.2) is 12.1 Å². The average molecular weight is 290 g/mol. The number of urea groups is 1. The summed E-state index contributed by atoms with van der Waals surface area (Å²) in [5.41, 5.74) is -0.921. The Kier molecular flexibility index (Phi) is 5.07. The quantitative estimate of drug-likeness (QED) is 0.785. The predicted octanol–water partition coefficient (Wildman–Crippen LogP) is 1.62. The van der Waals surface area contributed by atoms with Crippen molar-refractivity contribution in [3.05, 3.63) is 29.6 Å². The number of nitrogens with one attached hydrogen (secondary N) is 2. The van der Waals surface area contributed by atoms with Crippen molar-refractivity contribution in [2.45, 2.75) is 12.8 Å². The summed E-state index contributed by atoms with van der Waals surface area (Å²) < 4.78 is 39.0. The summed E-state index contributed by atoms with van der Waals surface area (Å²) in [5.74, 6) is -6.04. The molecule has 0 aliphatic carbocycles. The number of hydrogen-bond acceptors (Lipinski definition) is 3. The van der Waals surface area contributed by atoms with Crippen LogP contribution in [0.25, 0.3) is 0 Å². The van der Waals surface area contributed by atoms with E-state index in [1.165, 1.54) is 0 Å². The molecule has 108 valence electrons. The van der Waals surface area contributed by atoms with Crippen molar-refractivity contribution >= 4 is 23.6 Å². The molecule has 3 N–H and O–H groups in total. The number of hydrogen-bond donors (Lipinski definition) is 3. The molecule has 0 aliphatic heterocycles. The number of carbonyl (C=O) groups is 3. The zero-order valence-corrected chi connectivity index (χ0v) is 9.87. The van der Waals surface area contributed by atoms with Gasteiger partial charge in [0.1, 0.15) is 11.5 Å². The number of rotatable bonds is 4. The minimum atomic E-state index is -1.35. The highest BCUT2D eigenvalue weighted by molar-refractivity contribution is 6.01. The van der Waals surface area contributed by atoms with E-state index in [4.69, 9.17) is 5.11 Å². The fraction of sp³-hybridized carbons (Fsp3) is 0.182. The molecule has 20 heavy (non-hydrogen) atoms. The summed E-state index contributed by atoms with van der Waals surface area (Å²) in [6, 6.07) is -0.555. The summed E-state index contributed by atoms with van der Waals surface area (Å²) in [6.45, 7) is 0. The van der Waals surface area contributed by atoms with Crippen molar-refractivity contribution in [1.29, 1.82) is 0 Å². The van der Waals surface area contributed by atoms with Crippen LogP contribution in [0.2, 0.25) is 0 Å². The van der Waals surface area contributed by atoms with Crippen LogP contribution >= 0.6 is 0 Å². The van der Waals surface area contributed by atoms with E-state index in [2.05, 4.69) is 0 Å². The van der Waals surface area contributed by atoms with Crippen molar-refractivity contribution in [1.82, 2.24) is 5.32 Å². The second-order valence-electron chi connectivity index (χ2n) is 3.64.